The van der Waals surface area contributed by atoms with Gasteiger partial charge in [-0.05, 0) is 12.1 Å². The Morgan fingerprint density at radius 2 is 1.88 bits per heavy atom. The molecule has 1 saturated carbocycles. The van der Waals surface area contributed by atoms with Crippen LogP contribution in [-0.4, -0.2) is 15.7 Å². The molecule has 1 aromatic heterocycles. The van der Waals surface area contributed by atoms with E-state index in [0.717, 1.165) is 5.69 Å². The van der Waals surface area contributed by atoms with Crippen LogP contribution in [0.25, 0.3) is 5.69 Å². The van der Waals surface area contributed by atoms with Gasteiger partial charge in [0, 0.05) is 18.2 Å². The lowest BCUT2D eigenvalue weighted by Crippen LogP contribution is -2.26. The van der Waals surface area contributed by atoms with E-state index in [4.69, 9.17) is 5.73 Å². The van der Waals surface area contributed by atoms with Gasteiger partial charge in [-0.1, -0.05) is 18.2 Å². The van der Waals surface area contributed by atoms with Gasteiger partial charge in [0.2, 0.25) is 0 Å². The zero-order valence-electron chi connectivity index (χ0n) is 8.98. The Kier molecular flexibility index (Phi) is 1.92. The summed E-state index contributed by atoms with van der Waals surface area (Å²) in [6, 6.07) is 9.31. The molecule has 2 N–H and O–H groups in total. The van der Waals surface area contributed by atoms with Gasteiger partial charge in [0.25, 0.3) is 5.92 Å². The number of hydrogen-bond donors (Lipinski definition) is 1. The molecule has 0 amide bonds. The average molecular weight is 235 g/mol. The third-order valence-corrected chi connectivity index (χ3v) is 3.15. The summed E-state index contributed by atoms with van der Waals surface area (Å²) in [6.07, 6.45) is 2.67. The van der Waals surface area contributed by atoms with Crippen molar-refractivity contribution in [3.63, 3.8) is 0 Å². The van der Waals surface area contributed by atoms with Gasteiger partial charge in [-0.15, -0.1) is 0 Å². The van der Waals surface area contributed by atoms with Crippen molar-refractivity contribution in [1.82, 2.24) is 9.78 Å². The summed E-state index contributed by atoms with van der Waals surface area (Å²) in [6.45, 7) is 0. The van der Waals surface area contributed by atoms with Crippen LogP contribution >= 0.6 is 0 Å². The first-order valence-electron chi connectivity index (χ1n) is 5.30. The maximum Gasteiger partial charge on any atom is 0.272 e. The van der Waals surface area contributed by atoms with E-state index in [9.17, 15) is 8.78 Å². The first kappa shape index (κ1) is 10.4. The van der Waals surface area contributed by atoms with Crippen molar-refractivity contribution in [2.24, 2.45) is 5.73 Å². The van der Waals surface area contributed by atoms with Crippen LogP contribution in [0.3, 0.4) is 0 Å². The molecule has 1 atom stereocenters. The predicted octanol–water partition coefficient (Wildman–Crippen LogP) is 2.07. The second-order valence-corrected chi connectivity index (χ2v) is 4.36. The molecule has 17 heavy (non-hydrogen) atoms. The lowest BCUT2D eigenvalue weighted by Gasteiger charge is -2.06. The van der Waals surface area contributed by atoms with Crippen LogP contribution in [0, 0.1) is 0 Å². The summed E-state index contributed by atoms with van der Waals surface area (Å²) >= 11 is 0. The summed E-state index contributed by atoms with van der Waals surface area (Å²) in [5, 5.41) is 4.06. The minimum absolute atomic E-state index is 0.305. The highest BCUT2D eigenvalue weighted by Crippen LogP contribution is 2.57. The van der Waals surface area contributed by atoms with Crippen LogP contribution in [0.15, 0.2) is 42.7 Å². The molecule has 1 aliphatic rings. The van der Waals surface area contributed by atoms with Gasteiger partial charge in [0.15, 0.2) is 0 Å². The summed E-state index contributed by atoms with van der Waals surface area (Å²) < 4.78 is 27.8. The molecule has 3 rings (SSSR count). The fraction of sp³-hybridized carbons (Fsp3) is 0.250. The smallest absolute Gasteiger partial charge is 0.272 e. The standard InChI is InChI=1S/C12H11F2N3/c13-12(14)8-11(12,15)9-6-16-17(7-9)10-4-2-1-3-5-10/h1-7H,8,15H2. The minimum atomic E-state index is -2.81. The fourth-order valence-electron chi connectivity index (χ4n) is 1.89. The number of hydrogen-bond acceptors (Lipinski definition) is 2. The van der Waals surface area contributed by atoms with Crippen molar-refractivity contribution in [2.75, 3.05) is 0 Å². The largest absolute Gasteiger partial charge is 0.316 e. The zero-order chi connectivity index (χ0) is 12.1. The minimum Gasteiger partial charge on any atom is -0.316 e. The molecule has 88 valence electrons. The lowest BCUT2D eigenvalue weighted by atomic mass is 10.1. The van der Waals surface area contributed by atoms with Crippen LogP contribution in [-0.2, 0) is 5.54 Å². The SMILES string of the molecule is NC1(c2cnn(-c3ccccc3)c2)CC1(F)F. The van der Waals surface area contributed by atoms with Gasteiger partial charge in [-0.25, -0.2) is 13.5 Å². The number of rotatable bonds is 2. The molecule has 1 heterocycles. The van der Waals surface area contributed by atoms with Crippen LogP contribution in [0.1, 0.15) is 12.0 Å². The summed E-state index contributed by atoms with van der Waals surface area (Å²) in [7, 11) is 0. The molecule has 1 aromatic carbocycles. The molecular weight excluding hydrogens is 224 g/mol. The molecule has 0 spiro atoms. The Labute approximate surface area is 96.9 Å². The average Bonchev–Trinajstić information content (AvgIpc) is 2.72. The van der Waals surface area contributed by atoms with E-state index >= 15 is 0 Å². The first-order valence-corrected chi connectivity index (χ1v) is 5.30. The molecular formula is C12H11F2N3. The normalized spacial score (nSPS) is 25.8. The Morgan fingerprint density at radius 1 is 1.24 bits per heavy atom. The zero-order valence-corrected chi connectivity index (χ0v) is 8.98. The van der Waals surface area contributed by atoms with Gasteiger partial charge in [0.05, 0.1) is 11.9 Å². The predicted molar refractivity (Wildman–Crippen MR) is 59.0 cm³/mol. The van der Waals surface area contributed by atoms with Gasteiger partial charge in [0.1, 0.15) is 5.54 Å². The molecule has 1 aliphatic carbocycles. The first-order chi connectivity index (χ1) is 8.03. The maximum absolute atomic E-state index is 13.1. The quantitative estimate of drug-likeness (QED) is 0.865. The van der Waals surface area contributed by atoms with Crippen LogP contribution in [0.2, 0.25) is 0 Å². The summed E-state index contributed by atoms with van der Waals surface area (Å²) in [5.41, 5.74) is 5.31. The van der Waals surface area contributed by atoms with Gasteiger partial charge in [-0.3, -0.25) is 0 Å². The Bertz CT molecular complexity index is 550. The number of nitrogens with two attached hydrogens (primary N) is 1. The highest BCUT2D eigenvalue weighted by molar-refractivity contribution is 5.36. The second-order valence-electron chi connectivity index (χ2n) is 4.36. The van der Waals surface area contributed by atoms with Crippen molar-refractivity contribution >= 4 is 0 Å². The number of aromatic nitrogens is 2. The molecule has 0 aliphatic heterocycles. The van der Waals surface area contributed by atoms with E-state index in [-0.39, 0.29) is 6.42 Å². The lowest BCUT2D eigenvalue weighted by molar-refractivity contribution is 0.0891. The molecule has 0 radical (unpaired) electrons. The number of para-hydroxylation sites is 1. The molecule has 1 fully saturated rings. The van der Waals surface area contributed by atoms with E-state index in [1.54, 1.807) is 10.9 Å². The Hall–Kier alpha value is -1.75. The molecule has 5 heteroatoms. The topological polar surface area (TPSA) is 43.8 Å². The molecule has 2 aromatic rings. The summed E-state index contributed by atoms with van der Waals surface area (Å²) in [5.74, 6) is -2.81. The molecule has 3 nitrogen and oxygen atoms in total. The van der Waals surface area contributed by atoms with Gasteiger partial charge >= 0.3 is 0 Å². The second kappa shape index (κ2) is 3.13. The van der Waals surface area contributed by atoms with Crippen molar-refractivity contribution in [3.05, 3.63) is 48.3 Å². The number of halogens is 2. The van der Waals surface area contributed by atoms with E-state index in [0.29, 0.717) is 5.56 Å². The molecule has 0 saturated heterocycles. The van der Waals surface area contributed by atoms with E-state index in [1.165, 1.54) is 6.20 Å². The number of alkyl halides is 2. The van der Waals surface area contributed by atoms with Crippen LogP contribution < -0.4 is 5.73 Å². The Morgan fingerprint density at radius 3 is 2.47 bits per heavy atom. The number of benzene rings is 1. The Balaban J connectivity index is 1.95. The number of nitrogens with zero attached hydrogens (tertiary/aromatic N) is 2. The third-order valence-electron chi connectivity index (χ3n) is 3.15. The maximum atomic E-state index is 13.1. The van der Waals surface area contributed by atoms with Crippen LogP contribution in [0.5, 0.6) is 0 Å². The monoisotopic (exact) mass is 235 g/mol. The highest BCUT2D eigenvalue weighted by atomic mass is 19.3. The van der Waals surface area contributed by atoms with E-state index in [2.05, 4.69) is 5.10 Å². The van der Waals surface area contributed by atoms with Crippen molar-refractivity contribution in [2.45, 2.75) is 17.9 Å². The third kappa shape index (κ3) is 1.46. The summed E-state index contributed by atoms with van der Waals surface area (Å²) in [4.78, 5) is 0. The highest BCUT2D eigenvalue weighted by Gasteiger charge is 2.70. The van der Waals surface area contributed by atoms with Gasteiger partial charge < -0.3 is 5.73 Å². The van der Waals surface area contributed by atoms with Crippen molar-refractivity contribution < 1.29 is 8.78 Å². The van der Waals surface area contributed by atoms with Crippen LogP contribution in [0.4, 0.5) is 8.78 Å². The van der Waals surface area contributed by atoms with Crippen molar-refractivity contribution in [3.8, 4) is 5.69 Å². The fourth-order valence-corrected chi connectivity index (χ4v) is 1.89. The van der Waals surface area contributed by atoms with E-state index in [1.807, 2.05) is 30.3 Å². The van der Waals surface area contributed by atoms with E-state index < -0.39 is 11.5 Å². The van der Waals surface area contributed by atoms with Crippen molar-refractivity contribution in [1.29, 1.82) is 0 Å². The van der Waals surface area contributed by atoms with Gasteiger partial charge in [-0.2, -0.15) is 5.10 Å². The molecule has 0 bridgehead atoms. The molecule has 1 unspecified atom stereocenters.